The van der Waals surface area contributed by atoms with E-state index in [9.17, 15) is 0 Å². The van der Waals surface area contributed by atoms with Gasteiger partial charge in [-0.05, 0) is 24.2 Å². The van der Waals surface area contributed by atoms with Crippen molar-refractivity contribution in [3.05, 3.63) is 11.0 Å². The van der Waals surface area contributed by atoms with E-state index in [1.54, 1.807) is 4.91 Å². The molecule has 13 heavy (non-hydrogen) atoms. The molecule has 0 aliphatic carbocycles. The molecule has 0 fully saturated rings. The first kappa shape index (κ1) is 13.3. The lowest BCUT2D eigenvalue weighted by Crippen LogP contribution is -2.14. The summed E-state index contributed by atoms with van der Waals surface area (Å²) in [6.45, 7) is 14.0. The van der Waals surface area contributed by atoms with Crippen molar-refractivity contribution in [2.45, 2.75) is 53.3 Å². The summed E-state index contributed by atoms with van der Waals surface area (Å²) in [5, 5.41) is 0. The second kappa shape index (κ2) is 5.92. The van der Waals surface area contributed by atoms with E-state index in [0.29, 0.717) is 0 Å². The molecule has 0 saturated carbocycles. The Kier molecular flexibility index (Phi) is 6.06. The van der Waals surface area contributed by atoms with Crippen LogP contribution in [0.15, 0.2) is 11.0 Å². The molecular weight excluding hydrogens is 192 g/mol. The van der Waals surface area contributed by atoms with Crippen LogP contribution >= 0.6 is 11.2 Å². The summed E-state index contributed by atoms with van der Waals surface area (Å²) in [5.74, 6) is 0.843. The highest BCUT2D eigenvalue weighted by molar-refractivity contribution is 8.31. The highest BCUT2D eigenvalue weighted by Crippen LogP contribution is 2.32. The van der Waals surface area contributed by atoms with Gasteiger partial charge in [0, 0.05) is 0 Å². The Bertz CT molecular complexity index is 167. The molecule has 0 spiro atoms. The summed E-state index contributed by atoms with van der Waals surface area (Å²) in [7, 11) is -0.972. The molecule has 1 unspecified atom stereocenters. The van der Waals surface area contributed by atoms with E-state index >= 15 is 0 Å². The third-order valence-electron chi connectivity index (χ3n) is 2.01. The fraction of sp³-hybridized carbons (Fsp3) is 0.818. The lowest BCUT2D eigenvalue weighted by atomic mass is 10.1. The number of allylic oxidation sites excluding steroid dienone is 2. The predicted molar refractivity (Wildman–Crippen MR) is 68.8 cm³/mol. The summed E-state index contributed by atoms with van der Waals surface area (Å²) in [5.41, 5.74) is 0. The van der Waals surface area contributed by atoms with Gasteiger partial charge in [0.05, 0.1) is 0 Å². The Morgan fingerprint density at radius 3 is 2.23 bits per heavy atom. The summed E-state index contributed by atoms with van der Waals surface area (Å²) in [6.07, 6.45) is 4.88. The number of hydrogen-bond donors (Lipinski definition) is 0. The average molecular weight is 216 g/mol. The maximum absolute atomic E-state index is 2.41. The standard InChI is InChI=1S/C11H24SSi/c1-7-10(3)9-11(8-2)12-13(4,5)6/h8,10H,7,9H2,1-6H3/b11-8-. The van der Waals surface area contributed by atoms with Crippen molar-refractivity contribution in [3.63, 3.8) is 0 Å². The van der Waals surface area contributed by atoms with E-state index in [0.717, 1.165) is 5.92 Å². The van der Waals surface area contributed by atoms with Crippen molar-refractivity contribution in [3.8, 4) is 0 Å². The monoisotopic (exact) mass is 216 g/mol. The molecule has 0 aromatic heterocycles. The predicted octanol–water partition coefficient (Wildman–Crippen LogP) is 4.89. The molecule has 0 bridgehead atoms. The van der Waals surface area contributed by atoms with Gasteiger partial charge in [-0.15, -0.1) is 0 Å². The molecule has 0 radical (unpaired) electrons. The van der Waals surface area contributed by atoms with Crippen LogP contribution in [0.4, 0.5) is 0 Å². The molecular formula is C11H24SSi. The average Bonchev–Trinajstić information content (AvgIpc) is 2.00. The van der Waals surface area contributed by atoms with Crippen molar-refractivity contribution in [1.29, 1.82) is 0 Å². The zero-order chi connectivity index (χ0) is 10.5. The van der Waals surface area contributed by atoms with Crippen LogP contribution in [-0.2, 0) is 0 Å². The van der Waals surface area contributed by atoms with Gasteiger partial charge in [-0.1, -0.05) is 46.0 Å². The minimum absolute atomic E-state index is 0.843. The van der Waals surface area contributed by atoms with E-state index in [2.05, 4.69) is 57.7 Å². The third kappa shape index (κ3) is 7.38. The molecule has 0 aliphatic heterocycles. The van der Waals surface area contributed by atoms with Gasteiger partial charge in [0.1, 0.15) is 7.22 Å². The van der Waals surface area contributed by atoms with Gasteiger partial charge in [0.15, 0.2) is 0 Å². The van der Waals surface area contributed by atoms with E-state index in [1.165, 1.54) is 12.8 Å². The van der Waals surface area contributed by atoms with Crippen molar-refractivity contribution in [1.82, 2.24) is 0 Å². The Labute approximate surface area is 88.8 Å². The summed E-state index contributed by atoms with van der Waals surface area (Å²) in [4.78, 5) is 1.61. The highest BCUT2D eigenvalue weighted by atomic mass is 32.4. The van der Waals surface area contributed by atoms with Crippen molar-refractivity contribution in [2.24, 2.45) is 5.92 Å². The first-order valence-corrected chi connectivity index (χ1v) is 10.3. The van der Waals surface area contributed by atoms with Crippen LogP contribution in [0.3, 0.4) is 0 Å². The molecule has 0 aromatic carbocycles. The molecule has 1 atom stereocenters. The summed E-state index contributed by atoms with van der Waals surface area (Å²) in [6, 6.07) is 0. The zero-order valence-corrected chi connectivity index (χ0v) is 11.8. The largest absolute Gasteiger partial charge is 0.156 e. The smallest absolute Gasteiger partial charge is 0.114 e. The Balaban J connectivity index is 4.07. The van der Waals surface area contributed by atoms with Gasteiger partial charge in [-0.2, -0.15) is 11.2 Å². The van der Waals surface area contributed by atoms with Gasteiger partial charge < -0.3 is 0 Å². The number of rotatable bonds is 5. The Hall–Kier alpha value is 0.307. The van der Waals surface area contributed by atoms with E-state index < -0.39 is 7.22 Å². The SMILES string of the molecule is C/C=C(/CC(C)CC)S[Si](C)(C)C. The van der Waals surface area contributed by atoms with Gasteiger partial charge in [-0.25, -0.2) is 0 Å². The molecule has 0 heterocycles. The fourth-order valence-electron chi connectivity index (χ4n) is 1.10. The topological polar surface area (TPSA) is 0 Å². The molecule has 0 nitrogen and oxygen atoms in total. The second-order valence-corrected chi connectivity index (χ2v) is 13.9. The van der Waals surface area contributed by atoms with E-state index in [-0.39, 0.29) is 0 Å². The lowest BCUT2D eigenvalue weighted by Gasteiger charge is -2.19. The van der Waals surface area contributed by atoms with E-state index in [4.69, 9.17) is 0 Å². The second-order valence-electron chi connectivity index (χ2n) is 4.69. The van der Waals surface area contributed by atoms with Crippen LogP contribution in [0.2, 0.25) is 19.6 Å². The van der Waals surface area contributed by atoms with Crippen LogP contribution in [0.5, 0.6) is 0 Å². The Morgan fingerprint density at radius 1 is 1.38 bits per heavy atom. The molecule has 0 aromatic rings. The lowest BCUT2D eigenvalue weighted by molar-refractivity contribution is 0.568. The zero-order valence-electron chi connectivity index (χ0n) is 9.98. The van der Waals surface area contributed by atoms with Crippen molar-refractivity contribution < 1.29 is 0 Å². The van der Waals surface area contributed by atoms with Crippen molar-refractivity contribution >= 4 is 18.4 Å². The summed E-state index contributed by atoms with van der Waals surface area (Å²) < 4.78 is 0. The van der Waals surface area contributed by atoms with Crippen LogP contribution in [0, 0.1) is 5.92 Å². The third-order valence-corrected chi connectivity index (χ3v) is 5.91. The van der Waals surface area contributed by atoms with E-state index in [1.807, 2.05) is 0 Å². The van der Waals surface area contributed by atoms with Crippen LogP contribution in [0.25, 0.3) is 0 Å². The van der Waals surface area contributed by atoms with Gasteiger partial charge in [0.25, 0.3) is 0 Å². The molecule has 0 amide bonds. The van der Waals surface area contributed by atoms with Crippen molar-refractivity contribution in [2.75, 3.05) is 0 Å². The molecule has 0 N–H and O–H groups in total. The fourth-order valence-corrected chi connectivity index (χ4v) is 5.34. The normalized spacial score (nSPS) is 16.0. The summed E-state index contributed by atoms with van der Waals surface area (Å²) >= 11 is 2.15. The van der Waals surface area contributed by atoms with Crippen LogP contribution in [-0.4, -0.2) is 7.22 Å². The quantitative estimate of drug-likeness (QED) is 0.589. The highest BCUT2D eigenvalue weighted by Gasteiger charge is 2.16. The minimum atomic E-state index is -0.972. The first-order chi connectivity index (χ1) is 5.89. The molecule has 0 saturated heterocycles. The van der Waals surface area contributed by atoms with Crippen LogP contribution < -0.4 is 0 Å². The molecule has 0 aliphatic rings. The van der Waals surface area contributed by atoms with Gasteiger partial charge in [0.2, 0.25) is 0 Å². The maximum atomic E-state index is 2.41. The molecule has 78 valence electrons. The van der Waals surface area contributed by atoms with Gasteiger partial charge in [-0.3, -0.25) is 0 Å². The first-order valence-electron chi connectivity index (χ1n) is 5.23. The maximum Gasteiger partial charge on any atom is 0.114 e. The van der Waals surface area contributed by atoms with Crippen LogP contribution in [0.1, 0.15) is 33.6 Å². The minimum Gasteiger partial charge on any atom is -0.156 e. The molecule has 0 rings (SSSR count). The number of hydrogen-bond acceptors (Lipinski definition) is 1. The Morgan fingerprint density at radius 2 is 1.92 bits per heavy atom. The van der Waals surface area contributed by atoms with Gasteiger partial charge >= 0.3 is 0 Å². The molecule has 2 heteroatoms.